The van der Waals surface area contributed by atoms with E-state index < -0.39 is 0 Å². The van der Waals surface area contributed by atoms with E-state index in [2.05, 4.69) is 10.3 Å². The second-order valence-corrected chi connectivity index (χ2v) is 4.24. The topological polar surface area (TPSA) is 54.5 Å². The molecule has 0 saturated carbocycles. The van der Waals surface area contributed by atoms with Crippen molar-refractivity contribution in [2.24, 2.45) is 5.92 Å². The lowest BCUT2D eigenvalue weighted by molar-refractivity contribution is 0.0407. The Bertz CT molecular complexity index is 369. The molecule has 0 bridgehead atoms. The Hall–Kier alpha value is -1.62. The van der Waals surface area contributed by atoms with Crippen LogP contribution in [-0.4, -0.2) is 42.7 Å². The summed E-state index contributed by atoms with van der Waals surface area (Å²) in [5, 5.41) is 3.11. The molecular weight excluding hydrogens is 218 g/mol. The van der Waals surface area contributed by atoms with E-state index >= 15 is 0 Å². The zero-order valence-corrected chi connectivity index (χ0v) is 9.93. The van der Waals surface area contributed by atoms with E-state index in [0.29, 0.717) is 19.1 Å². The van der Waals surface area contributed by atoms with Gasteiger partial charge >= 0.3 is 6.09 Å². The second kappa shape index (κ2) is 5.63. The summed E-state index contributed by atoms with van der Waals surface area (Å²) in [5.41, 5.74) is 1.02. The molecule has 17 heavy (non-hydrogen) atoms. The maximum Gasteiger partial charge on any atom is 0.410 e. The van der Waals surface area contributed by atoms with Gasteiger partial charge in [0.1, 0.15) is 0 Å². The van der Waals surface area contributed by atoms with Crippen molar-refractivity contribution in [3.05, 3.63) is 30.1 Å². The van der Waals surface area contributed by atoms with Crippen molar-refractivity contribution in [1.82, 2.24) is 15.2 Å². The predicted molar refractivity (Wildman–Crippen MR) is 63.4 cm³/mol. The van der Waals surface area contributed by atoms with Crippen LogP contribution in [0.5, 0.6) is 0 Å². The molecule has 5 nitrogen and oxygen atoms in total. The van der Waals surface area contributed by atoms with E-state index in [9.17, 15) is 4.79 Å². The average molecular weight is 235 g/mol. The van der Waals surface area contributed by atoms with E-state index in [0.717, 1.165) is 18.7 Å². The lowest BCUT2D eigenvalue weighted by Crippen LogP contribution is -2.45. The van der Waals surface area contributed by atoms with Crippen LogP contribution in [0, 0.1) is 5.92 Å². The van der Waals surface area contributed by atoms with Crippen LogP contribution >= 0.6 is 0 Å². The fraction of sp³-hybridized carbons (Fsp3) is 0.500. The fourth-order valence-corrected chi connectivity index (χ4v) is 1.97. The monoisotopic (exact) mass is 235 g/mol. The number of nitrogens with zero attached hydrogens (tertiary/aromatic N) is 2. The van der Waals surface area contributed by atoms with E-state index in [-0.39, 0.29) is 6.09 Å². The van der Waals surface area contributed by atoms with Crippen LogP contribution in [0.4, 0.5) is 4.79 Å². The molecule has 0 aliphatic carbocycles. The Morgan fingerprint density at radius 1 is 1.65 bits per heavy atom. The number of amides is 1. The molecule has 1 aliphatic heterocycles. The van der Waals surface area contributed by atoms with Gasteiger partial charge in [-0.15, -0.1) is 0 Å². The summed E-state index contributed by atoms with van der Waals surface area (Å²) in [7, 11) is 1.90. The molecular formula is C12H17N3O2. The molecule has 1 aromatic rings. The molecule has 2 rings (SSSR count). The molecule has 0 aromatic carbocycles. The van der Waals surface area contributed by atoms with Crippen molar-refractivity contribution in [3.8, 4) is 0 Å². The van der Waals surface area contributed by atoms with Crippen molar-refractivity contribution in [2.75, 3.05) is 26.7 Å². The SMILES string of the molecule is CNCC1COC(=O)N(Cc2cccnc2)C1. The molecule has 1 N–H and O–H groups in total. The standard InChI is InChI=1S/C12H17N3O2/c1-13-5-11-8-15(12(16)17-9-11)7-10-3-2-4-14-6-10/h2-4,6,11,13H,5,7-9H2,1H3. The average Bonchev–Trinajstić information content (AvgIpc) is 2.35. The Morgan fingerprint density at radius 2 is 2.53 bits per heavy atom. The molecule has 1 unspecified atom stereocenters. The molecule has 0 spiro atoms. The third-order valence-electron chi connectivity index (χ3n) is 2.77. The minimum atomic E-state index is -0.235. The lowest BCUT2D eigenvalue weighted by atomic mass is 10.1. The van der Waals surface area contributed by atoms with Crippen molar-refractivity contribution >= 4 is 6.09 Å². The summed E-state index contributed by atoms with van der Waals surface area (Å²) in [6, 6.07) is 3.83. The summed E-state index contributed by atoms with van der Waals surface area (Å²) < 4.78 is 5.15. The van der Waals surface area contributed by atoms with Crippen LogP contribution < -0.4 is 5.32 Å². The van der Waals surface area contributed by atoms with E-state index in [4.69, 9.17) is 4.74 Å². The fourth-order valence-electron chi connectivity index (χ4n) is 1.97. The van der Waals surface area contributed by atoms with Gasteiger partial charge in [0.2, 0.25) is 0 Å². The van der Waals surface area contributed by atoms with Crippen molar-refractivity contribution in [1.29, 1.82) is 0 Å². The van der Waals surface area contributed by atoms with Gasteiger partial charge in [0.25, 0.3) is 0 Å². The Kier molecular flexibility index (Phi) is 3.93. The van der Waals surface area contributed by atoms with Crippen molar-refractivity contribution < 1.29 is 9.53 Å². The van der Waals surface area contributed by atoms with Gasteiger partial charge in [0.15, 0.2) is 0 Å². The van der Waals surface area contributed by atoms with E-state index in [1.54, 1.807) is 17.3 Å². The summed E-state index contributed by atoms with van der Waals surface area (Å²) in [4.78, 5) is 17.4. The first-order chi connectivity index (χ1) is 8.29. The molecule has 2 heterocycles. The number of hydrogen-bond donors (Lipinski definition) is 1. The van der Waals surface area contributed by atoms with Gasteiger partial charge in [0, 0.05) is 31.4 Å². The van der Waals surface area contributed by atoms with E-state index in [1.807, 2.05) is 19.2 Å². The molecule has 1 aromatic heterocycles. The summed E-state index contributed by atoms with van der Waals surface area (Å²) in [6.07, 6.45) is 3.26. The maximum atomic E-state index is 11.6. The molecule has 1 saturated heterocycles. The third kappa shape index (κ3) is 3.17. The number of carbonyl (C=O) groups excluding carboxylic acids is 1. The van der Waals surface area contributed by atoms with Gasteiger partial charge in [0.05, 0.1) is 13.2 Å². The van der Waals surface area contributed by atoms with Crippen molar-refractivity contribution in [2.45, 2.75) is 6.54 Å². The lowest BCUT2D eigenvalue weighted by Gasteiger charge is -2.32. The maximum absolute atomic E-state index is 11.6. The van der Waals surface area contributed by atoms with Crippen molar-refractivity contribution in [3.63, 3.8) is 0 Å². The van der Waals surface area contributed by atoms with Gasteiger partial charge in [-0.05, 0) is 18.7 Å². The predicted octanol–water partition coefficient (Wildman–Crippen LogP) is 0.869. The first-order valence-corrected chi connectivity index (χ1v) is 5.75. The smallest absolute Gasteiger partial charge is 0.410 e. The van der Waals surface area contributed by atoms with Crippen LogP contribution in [-0.2, 0) is 11.3 Å². The largest absolute Gasteiger partial charge is 0.449 e. The van der Waals surface area contributed by atoms with Crippen LogP contribution in [0.25, 0.3) is 0 Å². The minimum Gasteiger partial charge on any atom is -0.449 e. The Labute approximate surface area is 101 Å². The molecule has 0 radical (unpaired) electrons. The molecule has 92 valence electrons. The number of nitrogens with one attached hydrogen (secondary N) is 1. The highest BCUT2D eigenvalue weighted by molar-refractivity contribution is 5.68. The van der Waals surface area contributed by atoms with Crippen LogP contribution in [0.2, 0.25) is 0 Å². The number of pyridine rings is 1. The summed E-state index contributed by atoms with van der Waals surface area (Å²) in [6.45, 7) is 2.65. The van der Waals surface area contributed by atoms with Gasteiger partial charge in [-0.2, -0.15) is 0 Å². The highest BCUT2D eigenvalue weighted by atomic mass is 16.6. The Morgan fingerprint density at radius 3 is 3.24 bits per heavy atom. The third-order valence-corrected chi connectivity index (χ3v) is 2.77. The molecule has 5 heteroatoms. The second-order valence-electron chi connectivity index (χ2n) is 4.24. The number of cyclic esters (lactones) is 1. The first-order valence-electron chi connectivity index (χ1n) is 5.75. The van der Waals surface area contributed by atoms with Gasteiger partial charge in [-0.3, -0.25) is 4.98 Å². The zero-order valence-electron chi connectivity index (χ0n) is 9.93. The highest BCUT2D eigenvalue weighted by Crippen LogP contribution is 2.13. The minimum absolute atomic E-state index is 0.235. The van der Waals surface area contributed by atoms with Gasteiger partial charge in [-0.1, -0.05) is 6.07 Å². The number of ether oxygens (including phenoxy) is 1. The zero-order chi connectivity index (χ0) is 12.1. The van der Waals surface area contributed by atoms with E-state index in [1.165, 1.54) is 0 Å². The normalized spacial score (nSPS) is 20.2. The first kappa shape index (κ1) is 11.9. The number of carbonyl (C=O) groups is 1. The van der Waals surface area contributed by atoms with Gasteiger partial charge in [-0.25, -0.2) is 4.79 Å². The molecule has 1 atom stereocenters. The number of aromatic nitrogens is 1. The van der Waals surface area contributed by atoms with Crippen LogP contribution in [0.1, 0.15) is 5.56 Å². The number of hydrogen-bond acceptors (Lipinski definition) is 4. The molecule has 1 aliphatic rings. The highest BCUT2D eigenvalue weighted by Gasteiger charge is 2.26. The molecule has 1 fully saturated rings. The Balaban J connectivity index is 1.96. The quantitative estimate of drug-likeness (QED) is 0.841. The number of rotatable bonds is 4. The summed E-state index contributed by atoms with van der Waals surface area (Å²) in [5.74, 6) is 0.356. The van der Waals surface area contributed by atoms with Crippen LogP contribution in [0.3, 0.4) is 0 Å². The summed E-state index contributed by atoms with van der Waals surface area (Å²) >= 11 is 0. The van der Waals surface area contributed by atoms with Gasteiger partial charge < -0.3 is 15.0 Å². The molecule has 1 amide bonds. The van der Waals surface area contributed by atoms with Crippen LogP contribution in [0.15, 0.2) is 24.5 Å².